The first-order chi connectivity index (χ1) is 11.1. The largest absolute Gasteiger partial charge is 0.386 e. The van der Waals surface area contributed by atoms with Crippen LogP contribution in [0.4, 0.5) is 0 Å². The second-order valence-corrected chi connectivity index (χ2v) is 5.82. The lowest BCUT2D eigenvalue weighted by Gasteiger charge is -2.20. The number of pyridine rings is 1. The van der Waals surface area contributed by atoms with E-state index in [-0.39, 0.29) is 0 Å². The van der Waals surface area contributed by atoms with Gasteiger partial charge < -0.3 is 10.8 Å². The molecule has 0 aliphatic heterocycles. The van der Waals surface area contributed by atoms with Crippen molar-refractivity contribution in [2.45, 2.75) is 12.1 Å². The molecule has 1 heterocycles. The molecule has 2 aromatic carbocycles. The van der Waals surface area contributed by atoms with E-state index in [4.69, 9.17) is 17.3 Å². The molecule has 2 atom stereocenters. The number of aliphatic hydroxyl groups excluding tert-OH is 1. The van der Waals surface area contributed by atoms with Crippen molar-refractivity contribution in [2.24, 2.45) is 5.73 Å². The zero-order valence-corrected chi connectivity index (χ0v) is 13.2. The number of benzene rings is 2. The molecule has 1 aromatic heterocycles. The summed E-state index contributed by atoms with van der Waals surface area (Å²) in [5.41, 5.74) is 9.96. The Morgan fingerprint density at radius 2 is 1.30 bits per heavy atom. The molecule has 3 aromatic rings. The first-order valence-electron chi connectivity index (χ1n) is 7.34. The van der Waals surface area contributed by atoms with Crippen molar-refractivity contribution in [3.8, 4) is 11.1 Å². The molecule has 0 fully saturated rings. The van der Waals surface area contributed by atoms with Gasteiger partial charge in [0.1, 0.15) is 0 Å². The summed E-state index contributed by atoms with van der Waals surface area (Å²) < 4.78 is 0. The Labute approximate surface area is 140 Å². The van der Waals surface area contributed by atoms with Gasteiger partial charge in [0, 0.05) is 17.4 Å². The van der Waals surface area contributed by atoms with Gasteiger partial charge in [-0.25, -0.2) is 0 Å². The van der Waals surface area contributed by atoms with Gasteiger partial charge in [-0.2, -0.15) is 0 Å². The summed E-state index contributed by atoms with van der Waals surface area (Å²) in [5, 5.41) is 11.2. The van der Waals surface area contributed by atoms with Crippen molar-refractivity contribution in [1.82, 2.24) is 4.98 Å². The number of rotatable bonds is 4. The van der Waals surface area contributed by atoms with Gasteiger partial charge in [0.2, 0.25) is 0 Å². The summed E-state index contributed by atoms with van der Waals surface area (Å²) in [6, 6.07) is 18.4. The maximum absolute atomic E-state index is 10.5. The van der Waals surface area contributed by atoms with Gasteiger partial charge in [-0.15, -0.1) is 0 Å². The van der Waals surface area contributed by atoms with Gasteiger partial charge in [0.15, 0.2) is 0 Å². The first kappa shape index (κ1) is 15.7. The molecule has 0 saturated heterocycles. The van der Waals surface area contributed by atoms with Crippen molar-refractivity contribution >= 4 is 11.6 Å². The molecule has 0 spiro atoms. The normalized spacial score (nSPS) is 13.5. The van der Waals surface area contributed by atoms with Gasteiger partial charge >= 0.3 is 0 Å². The van der Waals surface area contributed by atoms with E-state index in [9.17, 15) is 5.11 Å². The summed E-state index contributed by atoms with van der Waals surface area (Å²) in [4.78, 5) is 4.01. The van der Waals surface area contributed by atoms with Crippen LogP contribution in [0.15, 0.2) is 73.1 Å². The Morgan fingerprint density at radius 3 is 1.91 bits per heavy atom. The summed E-state index contributed by atoms with van der Waals surface area (Å²) in [7, 11) is 0. The van der Waals surface area contributed by atoms with Crippen LogP contribution in [0.25, 0.3) is 11.1 Å². The molecule has 0 saturated carbocycles. The summed E-state index contributed by atoms with van der Waals surface area (Å²) >= 11 is 5.88. The number of aliphatic hydroxyl groups is 1. The fourth-order valence-electron chi connectivity index (χ4n) is 2.49. The Bertz CT molecular complexity index is 758. The smallest absolute Gasteiger partial charge is 0.0982 e. The van der Waals surface area contributed by atoms with Crippen LogP contribution in [0.5, 0.6) is 0 Å². The number of aromatic nitrogens is 1. The number of hydrogen-bond acceptors (Lipinski definition) is 3. The molecule has 4 heteroatoms. The molecule has 0 unspecified atom stereocenters. The Hall–Kier alpha value is -2.20. The van der Waals surface area contributed by atoms with E-state index in [0.29, 0.717) is 5.02 Å². The highest BCUT2D eigenvalue weighted by Crippen LogP contribution is 2.29. The van der Waals surface area contributed by atoms with Gasteiger partial charge in [0.05, 0.1) is 12.1 Å². The van der Waals surface area contributed by atoms with E-state index >= 15 is 0 Å². The predicted octanol–water partition coefficient (Wildman–Crippen LogP) is 4.14. The summed E-state index contributed by atoms with van der Waals surface area (Å²) in [5.74, 6) is 0. The molecule has 23 heavy (non-hydrogen) atoms. The Balaban J connectivity index is 1.80. The third kappa shape index (κ3) is 3.59. The van der Waals surface area contributed by atoms with Gasteiger partial charge in [-0.3, -0.25) is 4.98 Å². The first-order valence-corrected chi connectivity index (χ1v) is 7.72. The monoisotopic (exact) mass is 324 g/mol. The molecule has 3 nitrogen and oxygen atoms in total. The third-order valence-electron chi connectivity index (χ3n) is 3.86. The lowest BCUT2D eigenvalue weighted by molar-refractivity contribution is 0.147. The van der Waals surface area contributed by atoms with Crippen LogP contribution in [0.1, 0.15) is 23.3 Å². The summed E-state index contributed by atoms with van der Waals surface area (Å²) in [6.07, 6.45) is 2.74. The van der Waals surface area contributed by atoms with Crippen LogP contribution in [0, 0.1) is 0 Å². The predicted molar refractivity (Wildman–Crippen MR) is 93.0 cm³/mol. The van der Waals surface area contributed by atoms with Crippen LogP contribution >= 0.6 is 11.6 Å². The number of nitrogens with zero attached hydrogens (tertiary/aromatic N) is 1. The molecule has 0 aliphatic carbocycles. The van der Waals surface area contributed by atoms with E-state index < -0.39 is 12.1 Å². The van der Waals surface area contributed by atoms with E-state index in [1.165, 1.54) is 0 Å². The molecule has 0 bridgehead atoms. The van der Waals surface area contributed by atoms with E-state index in [2.05, 4.69) is 4.98 Å². The van der Waals surface area contributed by atoms with Gasteiger partial charge in [-0.1, -0.05) is 48.0 Å². The van der Waals surface area contributed by atoms with Crippen LogP contribution in [0.3, 0.4) is 0 Å². The minimum Gasteiger partial charge on any atom is -0.386 e. The molecular weight excluding hydrogens is 308 g/mol. The topological polar surface area (TPSA) is 59.1 Å². The highest BCUT2D eigenvalue weighted by molar-refractivity contribution is 6.30. The fourth-order valence-corrected chi connectivity index (χ4v) is 2.62. The number of nitrogens with two attached hydrogens (primary N) is 1. The molecule has 3 rings (SSSR count). The zero-order valence-electron chi connectivity index (χ0n) is 12.4. The lowest BCUT2D eigenvalue weighted by atomic mass is 9.95. The van der Waals surface area contributed by atoms with Crippen molar-refractivity contribution in [3.63, 3.8) is 0 Å². The highest BCUT2D eigenvalue weighted by atomic mass is 35.5. The van der Waals surface area contributed by atoms with E-state index in [1.54, 1.807) is 24.5 Å². The highest BCUT2D eigenvalue weighted by Gasteiger charge is 2.18. The second-order valence-electron chi connectivity index (χ2n) is 5.38. The van der Waals surface area contributed by atoms with Gasteiger partial charge in [-0.05, 0) is 46.5 Å². The number of hydrogen-bond donors (Lipinski definition) is 2. The summed E-state index contributed by atoms with van der Waals surface area (Å²) in [6.45, 7) is 0. The SMILES string of the molecule is N[C@@H](c1ccc(Cl)cc1)[C@H](O)c1ccc(-c2ccncc2)cc1. The fraction of sp³-hybridized carbons (Fsp3) is 0.105. The van der Waals surface area contributed by atoms with E-state index in [1.807, 2.05) is 48.5 Å². The molecule has 3 N–H and O–H groups in total. The van der Waals surface area contributed by atoms with Crippen molar-refractivity contribution in [1.29, 1.82) is 0 Å². The lowest BCUT2D eigenvalue weighted by Crippen LogP contribution is -2.19. The van der Waals surface area contributed by atoms with Crippen molar-refractivity contribution < 1.29 is 5.11 Å². The third-order valence-corrected chi connectivity index (χ3v) is 4.11. The van der Waals surface area contributed by atoms with Crippen LogP contribution in [-0.2, 0) is 0 Å². The van der Waals surface area contributed by atoms with Crippen LogP contribution in [0.2, 0.25) is 5.02 Å². The quantitative estimate of drug-likeness (QED) is 0.758. The number of halogens is 1. The van der Waals surface area contributed by atoms with E-state index in [0.717, 1.165) is 22.3 Å². The molecular formula is C19H17ClN2O. The molecule has 116 valence electrons. The minimum atomic E-state index is -0.775. The van der Waals surface area contributed by atoms with Gasteiger partial charge in [0.25, 0.3) is 0 Å². The average Bonchev–Trinajstić information content (AvgIpc) is 2.62. The molecule has 0 radical (unpaired) electrons. The Kier molecular flexibility index (Phi) is 4.72. The zero-order chi connectivity index (χ0) is 16.2. The second kappa shape index (κ2) is 6.92. The van der Waals surface area contributed by atoms with Crippen molar-refractivity contribution in [2.75, 3.05) is 0 Å². The van der Waals surface area contributed by atoms with Crippen molar-refractivity contribution in [3.05, 3.63) is 89.2 Å². The molecule has 0 aliphatic rings. The Morgan fingerprint density at radius 1 is 0.783 bits per heavy atom. The average molecular weight is 325 g/mol. The minimum absolute atomic E-state index is 0.501. The standard InChI is InChI=1S/C19H17ClN2O/c20-17-7-5-15(6-8-17)18(21)19(23)16-3-1-13(2-4-16)14-9-11-22-12-10-14/h1-12,18-19,23H,21H2/t18-,19+/m0/s1. The van der Waals surface area contributed by atoms with Crippen LogP contribution in [-0.4, -0.2) is 10.1 Å². The maximum atomic E-state index is 10.5. The maximum Gasteiger partial charge on any atom is 0.0982 e. The molecule has 0 amide bonds. The van der Waals surface area contributed by atoms with Crippen LogP contribution < -0.4 is 5.73 Å².